The molecule has 0 unspecified atom stereocenters. The minimum absolute atomic E-state index is 0.0333. The predicted octanol–water partition coefficient (Wildman–Crippen LogP) is 3.97. The van der Waals surface area contributed by atoms with E-state index in [0.29, 0.717) is 25.9 Å². The first kappa shape index (κ1) is 16.2. The number of nitrogens with zero attached hydrogens (tertiary/aromatic N) is 2. The quantitative estimate of drug-likeness (QED) is 0.841. The second-order valence-corrected chi connectivity index (χ2v) is 6.67. The molecule has 1 spiro atoms. The zero-order valence-corrected chi connectivity index (χ0v) is 13.1. The summed E-state index contributed by atoms with van der Waals surface area (Å²) in [6.07, 6.45) is -0.700. The summed E-state index contributed by atoms with van der Waals surface area (Å²) in [6, 6.07) is 2.55. The van der Waals surface area contributed by atoms with E-state index in [9.17, 15) is 13.6 Å². The standard InChI is InChI=1S/C15H17ClF2N2O3/c16-11-2-1-10(12(17)18)13(19-11)23-9-3-5-15(6-4-9)7-20(8-15)14(21)22/h1-2,9,12H,3-8H2,(H,21,22). The average molecular weight is 347 g/mol. The molecule has 1 amide bonds. The Balaban J connectivity index is 1.60. The number of hydrogen-bond acceptors (Lipinski definition) is 3. The molecule has 1 saturated heterocycles. The van der Waals surface area contributed by atoms with Gasteiger partial charge >= 0.3 is 6.09 Å². The maximum absolute atomic E-state index is 13.0. The lowest BCUT2D eigenvalue weighted by Gasteiger charge is -2.52. The third-order valence-electron chi connectivity index (χ3n) is 4.69. The Morgan fingerprint density at radius 3 is 2.61 bits per heavy atom. The first-order valence-corrected chi connectivity index (χ1v) is 7.85. The zero-order valence-electron chi connectivity index (χ0n) is 12.3. The second-order valence-electron chi connectivity index (χ2n) is 6.28. The second kappa shape index (κ2) is 6.11. The lowest BCUT2D eigenvalue weighted by molar-refractivity contribution is -0.0379. The van der Waals surface area contributed by atoms with Crippen molar-refractivity contribution in [2.45, 2.75) is 38.2 Å². The molecular weight excluding hydrogens is 330 g/mol. The van der Waals surface area contributed by atoms with Crippen LogP contribution >= 0.6 is 11.6 Å². The third-order valence-corrected chi connectivity index (χ3v) is 4.90. The molecule has 8 heteroatoms. The van der Waals surface area contributed by atoms with Gasteiger partial charge in [-0.3, -0.25) is 0 Å². The van der Waals surface area contributed by atoms with Gasteiger partial charge in [-0.15, -0.1) is 0 Å². The Kier molecular flexibility index (Phi) is 4.31. The molecule has 0 radical (unpaired) electrons. The van der Waals surface area contributed by atoms with Crippen molar-refractivity contribution < 1.29 is 23.4 Å². The summed E-state index contributed by atoms with van der Waals surface area (Å²) in [5, 5.41) is 9.03. The van der Waals surface area contributed by atoms with E-state index >= 15 is 0 Å². The highest BCUT2D eigenvalue weighted by Crippen LogP contribution is 2.44. The van der Waals surface area contributed by atoms with Crippen LogP contribution in [0.3, 0.4) is 0 Å². The molecule has 1 saturated carbocycles. The Labute approximate surface area is 137 Å². The number of carbonyl (C=O) groups is 1. The van der Waals surface area contributed by atoms with Crippen LogP contribution in [0.1, 0.15) is 37.7 Å². The van der Waals surface area contributed by atoms with Gasteiger partial charge in [-0.2, -0.15) is 0 Å². The first-order chi connectivity index (χ1) is 10.9. The number of halogens is 3. The van der Waals surface area contributed by atoms with Gasteiger partial charge in [-0.25, -0.2) is 18.6 Å². The molecule has 0 aromatic carbocycles. The fourth-order valence-corrected chi connectivity index (χ4v) is 3.52. The number of carboxylic acid groups (broad SMARTS) is 1. The van der Waals surface area contributed by atoms with Crippen LogP contribution in [-0.4, -0.2) is 40.3 Å². The van der Waals surface area contributed by atoms with Crippen molar-refractivity contribution in [2.24, 2.45) is 5.41 Å². The summed E-state index contributed by atoms with van der Waals surface area (Å²) < 4.78 is 31.6. The number of ether oxygens (including phenoxy) is 1. The summed E-state index contributed by atoms with van der Waals surface area (Å²) in [5.74, 6) is -0.103. The van der Waals surface area contributed by atoms with Crippen LogP contribution in [0, 0.1) is 5.41 Å². The van der Waals surface area contributed by atoms with E-state index < -0.39 is 12.5 Å². The molecular formula is C15H17ClF2N2O3. The van der Waals surface area contributed by atoms with E-state index in [2.05, 4.69) is 4.98 Å². The fourth-order valence-electron chi connectivity index (χ4n) is 3.38. The summed E-state index contributed by atoms with van der Waals surface area (Å²) >= 11 is 5.76. The topological polar surface area (TPSA) is 62.7 Å². The average Bonchev–Trinajstić information content (AvgIpc) is 2.45. The molecule has 2 fully saturated rings. The van der Waals surface area contributed by atoms with Gasteiger partial charge in [0.25, 0.3) is 6.43 Å². The van der Waals surface area contributed by atoms with Crippen LogP contribution in [0.5, 0.6) is 5.88 Å². The molecule has 0 bridgehead atoms. The zero-order chi connectivity index (χ0) is 16.6. The number of amides is 1. The lowest BCUT2D eigenvalue weighted by atomic mass is 9.68. The Bertz CT molecular complexity index is 598. The molecule has 23 heavy (non-hydrogen) atoms. The molecule has 1 aliphatic carbocycles. The van der Waals surface area contributed by atoms with Crippen LogP contribution in [0.2, 0.25) is 5.15 Å². The van der Waals surface area contributed by atoms with E-state index in [0.717, 1.165) is 12.8 Å². The first-order valence-electron chi connectivity index (χ1n) is 7.48. The van der Waals surface area contributed by atoms with Crippen molar-refractivity contribution in [1.29, 1.82) is 0 Å². The van der Waals surface area contributed by atoms with Gasteiger partial charge in [0.2, 0.25) is 5.88 Å². The van der Waals surface area contributed by atoms with Crippen molar-refractivity contribution in [3.63, 3.8) is 0 Å². The number of likely N-dealkylation sites (tertiary alicyclic amines) is 1. The normalized spacial score (nSPS) is 20.6. The van der Waals surface area contributed by atoms with Gasteiger partial charge in [0, 0.05) is 18.5 Å². The van der Waals surface area contributed by atoms with E-state index in [1.54, 1.807) is 0 Å². The number of aromatic nitrogens is 1. The molecule has 1 N–H and O–H groups in total. The number of hydrogen-bond donors (Lipinski definition) is 1. The van der Waals surface area contributed by atoms with Crippen molar-refractivity contribution in [3.8, 4) is 5.88 Å². The monoisotopic (exact) mass is 346 g/mol. The van der Waals surface area contributed by atoms with Gasteiger partial charge in [0.05, 0.1) is 5.56 Å². The molecule has 0 atom stereocenters. The third kappa shape index (κ3) is 3.34. The van der Waals surface area contributed by atoms with E-state index in [4.69, 9.17) is 21.4 Å². The Hall–Kier alpha value is -1.63. The SMILES string of the molecule is O=C(O)N1CC2(CCC(Oc3nc(Cl)ccc3C(F)F)CC2)C1. The highest BCUT2D eigenvalue weighted by Gasteiger charge is 2.47. The Morgan fingerprint density at radius 1 is 1.39 bits per heavy atom. The fraction of sp³-hybridized carbons (Fsp3) is 0.600. The summed E-state index contributed by atoms with van der Waals surface area (Å²) in [7, 11) is 0. The van der Waals surface area contributed by atoms with Gasteiger partial charge in [0.15, 0.2) is 0 Å². The van der Waals surface area contributed by atoms with Crippen molar-refractivity contribution in [2.75, 3.05) is 13.1 Å². The van der Waals surface area contributed by atoms with Gasteiger partial charge in [-0.05, 0) is 37.8 Å². The number of pyridine rings is 1. The summed E-state index contributed by atoms with van der Waals surface area (Å²) in [4.78, 5) is 16.1. The van der Waals surface area contributed by atoms with E-state index in [1.807, 2.05) is 0 Å². The molecule has 5 nitrogen and oxygen atoms in total. The molecule has 2 heterocycles. The molecule has 2 aliphatic rings. The summed E-state index contributed by atoms with van der Waals surface area (Å²) in [6.45, 7) is 1.10. The van der Waals surface area contributed by atoms with Gasteiger partial charge in [0.1, 0.15) is 11.3 Å². The molecule has 1 aromatic rings. The minimum atomic E-state index is -2.67. The lowest BCUT2D eigenvalue weighted by Crippen LogP contribution is -2.59. The molecule has 126 valence electrons. The van der Waals surface area contributed by atoms with Crippen LogP contribution in [0.15, 0.2) is 12.1 Å². The van der Waals surface area contributed by atoms with Crippen LogP contribution in [0.25, 0.3) is 0 Å². The van der Waals surface area contributed by atoms with E-state index in [1.165, 1.54) is 17.0 Å². The van der Waals surface area contributed by atoms with Crippen LogP contribution < -0.4 is 4.74 Å². The van der Waals surface area contributed by atoms with Crippen molar-refractivity contribution in [3.05, 3.63) is 22.8 Å². The predicted molar refractivity (Wildman–Crippen MR) is 79.1 cm³/mol. The smallest absolute Gasteiger partial charge is 0.407 e. The largest absolute Gasteiger partial charge is 0.474 e. The van der Waals surface area contributed by atoms with Crippen LogP contribution in [0.4, 0.5) is 13.6 Å². The molecule has 1 aliphatic heterocycles. The number of rotatable bonds is 3. The number of alkyl halides is 2. The van der Waals surface area contributed by atoms with Crippen molar-refractivity contribution >= 4 is 17.7 Å². The van der Waals surface area contributed by atoms with Gasteiger partial charge < -0.3 is 14.7 Å². The van der Waals surface area contributed by atoms with Gasteiger partial charge in [-0.1, -0.05) is 11.6 Å². The van der Waals surface area contributed by atoms with Crippen molar-refractivity contribution in [1.82, 2.24) is 9.88 Å². The maximum Gasteiger partial charge on any atom is 0.407 e. The summed E-state index contributed by atoms with van der Waals surface area (Å²) in [5.41, 5.74) is -0.221. The van der Waals surface area contributed by atoms with Crippen LogP contribution in [-0.2, 0) is 0 Å². The molecule has 1 aromatic heterocycles. The Morgan fingerprint density at radius 2 is 2.04 bits per heavy atom. The molecule has 3 rings (SSSR count). The highest BCUT2D eigenvalue weighted by molar-refractivity contribution is 6.29. The van der Waals surface area contributed by atoms with E-state index in [-0.39, 0.29) is 28.1 Å². The highest BCUT2D eigenvalue weighted by atomic mass is 35.5. The maximum atomic E-state index is 13.0. The minimum Gasteiger partial charge on any atom is -0.474 e.